The number of nitrogens with one attached hydrogen (secondary N) is 1. The zero-order chi connectivity index (χ0) is 16.9. The Hall–Kier alpha value is -2.34. The summed E-state index contributed by atoms with van der Waals surface area (Å²) in [5.41, 5.74) is 1.98. The first-order chi connectivity index (χ1) is 11.6. The Balaban J connectivity index is 1.64. The van der Waals surface area contributed by atoms with Crippen LogP contribution in [0.15, 0.2) is 28.8 Å². The molecule has 1 amide bonds. The number of benzene rings is 1. The number of hydrogen-bond acceptors (Lipinski definition) is 5. The first-order valence-electron chi connectivity index (χ1n) is 8.18. The van der Waals surface area contributed by atoms with E-state index >= 15 is 0 Å². The Morgan fingerprint density at radius 1 is 1.38 bits per heavy atom. The van der Waals surface area contributed by atoms with Gasteiger partial charge in [0.15, 0.2) is 5.69 Å². The van der Waals surface area contributed by atoms with Crippen LogP contribution in [0.5, 0.6) is 5.75 Å². The molecule has 0 saturated carbocycles. The van der Waals surface area contributed by atoms with E-state index in [2.05, 4.69) is 10.5 Å². The van der Waals surface area contributed by atoms with Crippen molar-refractivity contribution in [3.05, 3.63) is 46.8 Å². The fourth-order valence-electron chi connectivity index (χ4n) is 2.70. The zero-order valence-electron chi connectivity index (χ0n) is 14.0. The SMILES string of the molecule is Cc1ccccc1OCc1c(C(=O)NCC2CCCO2)noc1C. The first kappa shape index (κ1) is 16.5. The van der Waals surface area contributed by atoms with Crippen molar-refractivity contribution < 1.29 is 18.8 Å². The van der Waals surface area contributed by atoms with Gasteiger partial charge >= 0.3 is 0 Å². The summed E-state index contributed by atoms with van der Waals surface area (Å²) in [4.78, 5) is 12.4. The van der Waals surface area contributed by atoms with E-state index in [9.17, 15) is 4.79 Å². The monoisotopic (exact) mass is 330 g/mol. The predicted molar refractivity (Wildman–Crippen MR) is 88.1 cm³/mol. The van der Waals surface area contributed by atoms with Crippen LogP contribution >= 0.6 is 0 Å². The fraction of sp³-hybridized carbons (Fsp3) is 0.444. The third-order valence-electron chi connectivity index (χ3n) is 4.18. The minimum absolute atomic E-state index is 0.0913. The van der Waals surface area contributed by atoms with Crippen molar-refractivity contribution in [1.29, 1.82) is 0 Å². The second kappa shape index (κ2) is 7.49. The summed E-state index contributed by atoms with van der Waals surface area (Å²) in [5.74, 6) is 1.11. The van der Waals surface area contributed by atoms with Gasteiger partial charge in [0.2, 0.25) is 0 Å². The molecule has 0 aliphatic carbocycles. The second-order valence-electron chi connectivity index (χ2n) is 5.97. The first-order valence-corrected chi connectivity index (χ1v) is 8.18. The quantitative estimate of drug-likeness (QED) is 0.881. The Bertz CT molecular complexity index is 705. The third kappa shape index (κ3) is 3.76. The molecule has 6 nitrogen and oxygen atoms in total. The largest absolute Gasteiger partial charge is 0.488 e. The van der Waals surface area contributed by atoms with Gasteiger partial charge in [-0.3, -0.25) is 4.79 Å². The summed E-state index contributed by atoms with van der Waals surface area (Å²) in [6.07, 6.45) is 2.11. The molecule has 2 heterocycles. The molecule has 1 aromatic heterocycles. The normalized spacial score (nSPS) is 17.0. The van der Waals surface area contributed by atoms with Gasteiger partial charge in [-0.05, 0) is 38.3 Å². The summed E-state index contributed by atoms with van der Waals surface area (Å²) in [7, 11) is 0. The molecule has 0 bridgehead atoms. The molecule has 1 aromatic carbocycles. The molecule has 0 spiro atoms. The average molecular weight is 330 g/mol. The van der Waals surface area contributed by atoms with Gasteiger partial charge in [-0.2, -0.15) is 0 Å². The fourth-order valence-corrected chi connectivity index (χ4v) is 2.70. The van der Waals surface area contributed by atoms with Gasteiger partial charge in [-0.1, -0.05) is 23.4 Å². The van der Waals surface area contributed by atoms with Crippen LogP contribution in [0.3, 0.4) is 0 Å². The van der Waals surface area contributed by atoms with Gasteiger partial charge < -0.3 is 19.3 Å². The maximum absolute atomic E-state index is 12.4. The zero-order valence-corrected chi connectivity index (χ0v) is 14.0. The van der Waals surface area contributed by atoms with E-state index in [1.807, 2.05) is 31.2 Å². The van der Waals surface area contributed by atoms with Crippen LogP contribution in [0, 0.1) is 13.8 Å². The molecule has 1 aliphatic heterocycles. The van der Waals surface area contributed by atoms with Crippen molar-refractivity contribution in [2.45, 2.75) is 39.4 Å². The molecule has 3 rings (SSSR count). The number of carbonyl (C=O) groups is 1. The molecule has 1 unspecified atom stereocenters. The van der Waals surface area contributed by atoms with Crippen LogP contribution in [-0.2, 0) is 11.3 Å². The summed E-state index contributed by atoms with van der Waals surface area (Å²) in [6.45, 7) is 5.25. The highest BCUT2D eigenvalue weighted by atomic mass is 16.5. The molecule has 1 aliphatic rings. The average Bonchev–Trinajstić information content (AvgIpc) is 3.22. The van der Waals surface area contributed by atoms with Crippen molar-refractivity contribution in [2.75, 3.05) is 13.2 Å². The standard InChI is InChI=1S/C18H22N2O4/c1-12-6-3-4-8-16(12)23-11-15-13(2)24-20-17(15)18(21)19-10-14-7-5-9-22-14/h3-4,6,8,14H,5,7,9-11H2,1-2H3,(H,19,21). The highest BCUT2D eigenvalue weighted by Crippen LogP contribution is 2.21. The number of para-hydroxylation sites is 1. The highest BCUT2D eigenvalue weighted by molar-refractivity contribution is 5.93. The summed E-state index contributed by atoms with van der Waals surface area (Å²) >= 11 is 0. The molecular weight excluding hydrogens is 308 g/mol. The van der Waals surface area contributed by atoms with E-state index in [0.29, 0.717) is 17.9 Å². The second-order valence-corrected chi connectivity index (χ2v) is 5.97. The van der Waals surface area contributed by atoms with Crippen LogP contribution in [0.4, 0.5) is 0 Å². The minimum atomic E-state index is -0.259. The Labute approximate surface area is 141 Å². The molecule has 24 heavy (non-hydrogen) atoms. The third-order valence-corrected chi connectivity index (χ3v) is 4.18. The number of hydrogen-bond donors (Lipinski definition) is 1. The van der Waals surface area contributed by atoms with Gasteiger partial charge in [-0.25, -0.2) is 0 Å². The molecule has 1 atom stereocenters. The smallest absolute Gasteiger partial charge is 0.273 e. The van der Waals surface area contributed by atoms with Crippen molar-refractivity contribution in [2.24, 2.45) is 0 Å². The van der Waals surface area contributed by atoms with Gasteiger partial charge in [0, 0.05) is 13.2 Å². The lowest BCUT2D eigenvalue weighted by atomic mass is 10.2. The van der Waals surface area contributed by atoms with E-state index in [4.69, 9.17) is 14.0 Å². The van der Waals surface area contributed by atoms with Crippen molar-refractivity contribution >= 4 is 5.91 Å². The summed E-state index contributed by atoms with van der Waals surface area (Å²) < 4.78 is 16.5. The van der Waals surface area contributed by atoms with Gasteiger partial charge in [0.1, 0.15) is 18.1 Å². The molecule has 1 saturated heterocycles. The topological polar surface area (TPSA) is 73.6 Å². The molecule has 128 valence electrons. The number of nitrogens with zero attached hydrogens (tertiary/aromatic N) is 1. The number of amides is 1. The van der Waals surface area contributed by atoms with E-state index in [1.54, 1.807) is 6.92 Å². The van der Waals surface area contributed by atoms with E-state index in [1.165, 1.54) is 0 Å². The Morgan fingerprint density at radius 2 is 2.21 bits per heavy atom. The lowest BCUT2D eigenvalue weighted by Gasteiger charge is -2.11. The highest BCUT2D eigenvalue weighted by Gasteiger charge is 2.22. The number of ether oxygens (including phenoxy) is 2. The number of aromatic nitrogens is 1. The van der Waals surface area contributed by atoms with Crippen molar-refractivity contribution in [1.82, 2.24) is 10.5 Å². The maximum Gasteiger partial charge on any atom is 0.273 e. The molecule has 1 N–H and O–H groups in total. The van der Waals surface area contributed by atoms with Crippen molar-refractivity contribution in [3.8, 4) is 5.75 Å². The lowest BCUT2D eigenvalue weighted by molar-refractivity contribution is 0.0848. The van der Waals surface area contributed by atoms with Gasteiger partial charge in [0.05, 0.1) is 11.7 Å². The van der Waals surface area contributed by atoms with E-state index < -0.39 is 0 Å². The molecule has 0 radical (unpaired) electrons. The van der Waals surface area contributed by atoms with Crippen LogP contribution in [-0.4, -0.2) is 30.3 Å². The number of carbonyl (C=O) groups excluding carboxylic acids is 1. The van der Waals surface area contributed by atoms with E-state index in [-0.39, 0.29) is 24.3 Å². The van der Waals surface area contributed by atoms with Gasteiger partial charge in [-0.15, -0.1) is 0 Å². The molecule has 6 heteroatoms. The van der Waals surface area contributed by atoms with Crippen LogP contribution < -0.4 is 10.1 Å². The lowest BCUT2D eigenvalue weighted by Crippen LogP contribution is -2.32. The van der Waals surface area contributed by atoms with Crippen LogP contribution in [0.25, 0.3) is 0 Å². The predicted octanol–water partition coefficient (Wildman–Crippen LogP) is 2.78. The summed E-state index contributed by atoms with van der Waals surface area (Å²) in [5, 5.41) is 6.75. The van der Waals surface area contributed by atoms with Crippen LogP contribution in [0.1, 0.15) is 40.2 Å². The molecular formula is C18H22N2O4. The Kier molecular flexibility index (Phi) is 5.15. The molecule has 1 fully saturated rings. The number of rotatable bonds is 6. The van der Waals surface area contributed by atoms with E-state index in [0.717, 1.165) is 30.8 Å². The maximum atomic E-state index is 12.4. The van der Waals surface area contributed by atoms with Crippen molar-refractivity contribution in [3.63, 3.8) is 0 Å². The molecule has 2 aromatic rings. The van der Waals surface area contributed by atoms with Crippen LogP contribution in [0.2, 0.25) is 0 Å². The summed E-state index contributed by atoms with van der Waals surface area (Å²) in [6, 6.07) is 7.75. The van der Waals surface area contributed by atoms with Gasteiger partial charge in [0.25, 0.3) is 5.91 Å². The Morgan fingerprint density at radius 3 is 2.96 bits per heavy atom. The number of aryl methyl sites for hydroxylation is 2. The minimum Gasteiger partial charge on any atom is -0.488 e.